The van der Waals surface area contributed by atoms with E-state index in [9.17, 15) is 0 Å². The van der Waals surface area contributed by atoms with Crippen LogP contribution in [0.1, 0.15) is 22.3 Å². The van der Waals surface area contributed by atoms with Crippen molar-refractivity contribution in [3.63, 3.8) is 0 Å². The van der Waals surface area contributed by atoms with Gasteiger partial charge in [-0.3, -0.25) is 0 Å². The predicted octanol–water partition coefficient (Wildman–Crippen LogP) is 1.10. The Labute approximate surface area is 112 Å². The van der Waals surface area contributed by atoms with Crippen molar-refractivity contribution in [2.45, 2.75) is 27.7 Å². The van der Waals surface area contributed by atoms with E-state index in [1.54, 1.807) is 0 Å². The van der Waals surface area contributed by atoms with Gasteiger partial charge in [-0.05, 0) is 38.8 Å². The predicted molar refractivity (Wildman–Crippen MR) is 87.2 cm³/mol. The van der Waals surface area contributed by atoms with Crippen LogP contribution in [-0.4, -0.2) is 15.7 Å². The fourth-order valence-electron chi connectivity index (χ4n) is 2.40. The Morgan fingerprint density at radius 2 is 0.778 bits per heavy atom. The highest BCUT2D eigenvalue weighted by Crippen LogP contribution is 2.22. The molecule has 0 spiro atoms. The SMILES string of the molecule is Bc1c(C)cc(-c2cc(C)c(B)c(C)c2)cc1C. The molecule has 0 fully saturated rings. The number of benzene rings is 2. The minimum atomic E-state index is 1.34. The highest BCUT2D eigenvalue weighted by atomic mass is 14.1. The number of hydrogen-bond acceptors (Lipinski definition) is 0. The summed E-state index contributed by atoms with van der Waals surface area (Å²) in [5, 5.41) is 0. The lowest BCUT2D eigenvalue weighted by atomic mass is 9.82. The Morgan fingerprint density at radius 3 is 1.00 bits per heavy atom. The van der Waals surface area contributed by atoms with E-state index in [-0.39, 0.29) is 0 Å². The molecule has 0 saturated heterocycles. The van der Waals surface area contributed by atoms with Gasteiger partial charge in [0.2, 0.25) is 0 Å². The Hall–Kier alpha value is -1.43. The molecular formula is C16H20B2. The van der Waals surface area contributed by atoms with E-state index in [0.717, 1.165) is 0 Å². The highest BCUT2D eigenvalue weighted by molar-refractivity contribution is 6.35. The van der Waals surface area contributed by atoms with Crippen molar-refractivity contribution in [2.75, 3.05) is 0 Å². The van der Waals surface area contributed by atoms with Crippen molar-refractivity contribution in [1.29, 1.82) is 0 Å². The average Bonchev–Trinajstić information content (AvgIpc) is 2.31. The first-order valence-corrected chi connectivity index (χ1v) is 6.56. The summed E-state index contributed by atoms with van der Waals surface area (Å²) in [5.74, 6) is 0. The summed E-state index contributed by atoms with van der Waals surface area (Å²) < 4.78 is 0. The van der Waals surface area contributed by atoms with E-state index in [0.29, 0.717) is 0 Å². The zero-order chi connectivity index (χ0) is 13.4. The molecule has 0 saturated carbocycles. The van der Waals surface area contributed by atoms with Crippen molar-refractivity contribution in [3.8, 4) is 11.1 Å². The molecule has 2 heteroatoms. The minimum absolute atomic E-state index is 1.34. The maximum Gasteiger partial charge on any atom is 0.139 e. The van der Waals surface area contributed by atoms with Gasteiger partial charge in [-0.2, -0.15) is 0 Å². The largest absolute Gasteiger partial charge is 0.139 e. The minimum Gasteiger partial charge on any atom is -0.0832 e. The molecule has 18 heavy (non-hydrogen) atoms. The van der Waals surface area contributed by atoms with Gasteiger partial charge in [-0.1, -0.05) is 57.4 Å². The monoisotopic (exact) mass is 234 g/mol. The molecule has 0 aromatic heterocycles. The summed E-state index contributed by atoms with van der Waals surface area (Å²) in [6.07, 6.45) is 0. The smallest absolute Gasteiger partial charge is 0.0832 e. The van der Waals surface area contributed by atoms with Crippen molar-refractivity contribution in [3.05, 3.63) is 46.5 Å². The zero-order valence-corrected chi connectivity index (χ0v) is 12.3. The van der Waals surface area contributed by atoms with Crippen molar-refractivity contribution < 1.29 is 0 Å². The summed E-state index contributed by atoms with van der Waals surface area (Å²) in [6.45, 7) is 8.78. The fourth-order valence-corrected chi connectivity index (χ4v) is 2.40. The van der Waals surface area contributed by atoms with Crippen LogP contribution in [0.3, 0.4) is 0 Å². The molecule has 0 amide bonds. The lowest BCUT2D eigenvalue weighted by Gasteiger charge is -2.13. The van der Waals surface area contributed by atoms with Crippen LogP contribution in [0.25, 0.3) is 11.1 Å². The molecule has 0 atom stereocenters. The molecule has 0 bridgehead atoms. The molecule has 2 rings (SSSR count). The highest BCUT2D eigenvalue weighted by Gasteiger charge is 2.06. The normalized spacial score (nSPS) is 10.7. The molecule has 2 aromatic carbocycles. The molecule has 0 unspecified atom stereocenters. The maximum atomic E-state index is 2.30. The molecule has 0 N–H and O–H groups in total. The second-order valence-electron chi connectivity index (χ2n) is 5.47. The van der Waals surface area contributed by atoms with Crippen molar-refractivity contribution in [2.24, 2.45) is 0 Å². The van der Waals surface area contributed by atoms with E-state index < -0.39 is 0 Å². The van der Waals surface area contributed by atoms with Crippen LogP contribution in [0.15, 0.2) is 24.3 Å². The summed E-state index contributed by atoms with van der Waals surface area (Å²) in [5.41, 5.74) is 11.0. The van der Waals surface area contributed by atoms with Gasteiger partial charge in [-0.25, -0.2) is 0 Å². The first-order valence-electron chi connectivity index (χ1n) is 6.56. The maximum absolute atomic E-state index is 2.30. The zero-order valence-electron chi connectivity index (χ0n) is 12.3. The van der Waals surface area contributed by atoms with Gasteiger partial charge in [0.25, 0.3) is 0 Å². The topological polar surface area (TPSA) is 0 Å². The molecule has 90 valence electrons. The van der Waals surface area contributed by atoms with Crippen LogP contribution in [0, 0.1) is 27.7 Å². The van der Waals surface area contributed by atoms with Crippen molar-refractivity contribution in [1.82, 2.24) is 0 Å². The molecule has 2 aromatic rings. The molecular weight excluding hydrogens is 214 g/mol. The third-order valence-electron chi connectivity index (χ3n) is 4.19. The van der Waals surface area contributed by atoms with Crippen LogP contribution < -0.4 is 10.9 Å². The summed E-state index contributed by atoms with van der Waals surface area (Å²) in [7, 11) is 4.39. The molecule has 0 radical (unpaired) electrons. The van der Waals surface area contributed by atoms with Gasteiger partial charge < -0.3 is 0 Å². The summed E-state index contributed by atoms with van der Waals surface area (Å²) in [4.78, 5) is 0. The van der Waals surface area contributed by atoms with Gasteiger partial charge in [0, 0.05) is 0 Å². The first kappa shape index (κ1) is 13.0. The molecule has 0 nitrogen and oxygen atoms in total. The molecule has 0 aliphatic rings. The summed E-state index contributed by atoms with van der Waals surface area (Å²) >= 11 is 0. The Morgan fingerprint density at radius 1 is 0.556 bits per heavy atom. The van der Waals surface area contributed by atoms with Crippen LogP contribution in [0.5, 0.6) is 0 Å². The van der Waals surface area contributed by atoms with Crippen LogP contribution in [-0.2, 0) is 0 Å². The van der Waals surface area contributed by atoms with Gasteiger partial charge in [0.15, 0.2) is 0 Å². The van der Waals surface area contributed by atoms with Gasteiger partial charge in [-0.15, -0.1) is 0 Å². The fraction of sp³-hybridized carbons (Fsp3) is 0.250. The van der Waals surface area contributed by atoms with E-state index >= 15 is 0 Å². The van der Waals surface area contributed by atoms with Gasteiger partial charge in [0.1, 0.15) is 15.7 Å². The van der Waals surface area contributed by atoms with E-state index in [1.165, 1.54) is 44.3 Å². The van der Waals surface area contributed by atoms with Crippen LogP contribution >= 0.6 is 0 Å². The molecule has 0 heterocycles. The summed E-state index contributed by atoms with van der Waals surface area (Å²) in [6, 6.07) is 9.19. The molecule has 0 aliphatic heterocycles. The number of aryl methyl sites for hydroxylation is 4. The number of hydrogen-bond donors (Lipinski definition) is 0. The third kappa shape index (κ3) is 2.24. The Balaban J connectivity index is 2.63. The second kappa shape index (κ2) is 4.68. The second-order valence-corrected chi connectivity index (χ2v) is 5.47. The van der Waals surface area contributed by atoms with E-state index in [4.69, 9.17) is 0 Å². The van der Waals surface area contributed by atoms with Crippen LogP contribution in [0.4, 0.5) is 0 Å². The Bertz CT molecular complexity index is 511. The van der Waals surface area contributed by atoms with Gasteiger partial charge in [0.05, 0.1) is 0 Å². The first-order chi connectivity index (χ1) is 8.40. The van der Waals surface area contributed by atoms with Crippen molar-refractivity contribution >= 4 is 26.6 Å². The lowest BCUT2D eigenvalue weighted by molar-refractivity contribution is 1.40. The third-order valence-corrected chi connectivity index (χ3v) is 4.19. The number of rotatable bonds is 1. The Kier molecular flexibility index (Phi) is 3.38. The lowest BCUT2D eigenvalue weighted by Crippen LogP contribution is -2.13. The van der Waals surface area contributed by atoms with Gasteiger partial charge >= 0.3 is 0 Å². The quantitative estimate of drug-likeness (QED) is 0.648. The average molecular weight is 234 g/mol. The standard InChI is InChI=1S/C16H20B2/c1-9-5-13(6-10(2)15(9)17)14-7-11(3)16(18)12(4)8-14/h5-8H,17-18H2,1-4H3. The van der Waals surface area contributed by atoms with Crippen LogP contribution in [0.2, 0.25) is 0 Å². The van der Waals surface area contributed by atoms with E-state index in [1.807, 2.05) is 0 Å². The molecule has 0 aliphatic carbocycles. The van der Waals surface area contributed by atoms with E-state index in [2.05, 4.69) is 67.7 Å².